The van der Waals surface area contributed by atoms with Gasteiger partial charge in [-0.3, -0.25) is 4.79 Å². The number of alkyl halides is 1. The van der Waals surface area contributed by atoms with Gasteiger partial charge >= 0.3 is 0 Å². The Morgan fingerprint density at radius 3 is 2.41 bits per heavy atom. The Morgan fingerprint density at radius 1 is 1.41 bits per heavy atom. The number of carbonyl (C=O) groups is 1. The topological polar surface area (TPSA) is 20.3 Å². The van der Waals surface area contributed by atoms with Gasteiger partial charge in [-0.05, 0) is 24.7 Å². The molecule has 17 heavy (non-hydrogen) atoms. The van der Waals surface area contributed by atoms with Crippen molar-refractivity contribution in [2.24, 2.45) is 10.8 Å². The van der Waals surface area contributed by atoms with Crippen molar-refractivity contribution in [2.75, 3.05) is 12.9 Å². The first-order valence-corrected chi connectivity index (χ1v) is 7.09. The molecule has 100 valence electrons. The molecule has 1 saturated heterocycles. The van der Waals surface area contributed by atoms with Crippen molar-refractivity contribution in [1.82, 2.24) is 4.90 Å². The molecule has 1 rings (SSSR count). The molecule has 0 unspecified atom stereocenters. The second-order valence-corrected chi connectivity index (χ2v) is 7.09. The van der Waals surface area contributed by atoms with Crippen LogP contribution in [0.4, 0.5) is 0 Å². The monoisotopic (exact) mass is 259 g/mol. The number of halogens is 1. The maximum Gasteiger partial charge on any atom is 0.228 e. The summed E-state index contributed by atoms with van der Waals surface area (Å²) in [7, 11) is 1.95. The van der Waals surface area contributed by atoms with Crippen LogP contribution in [0.25, 0.3) is 0 Å². The third-order valence-corrected chi connectivity index (χ3v) is 4.33. The fraction of sp³-hybridized carbons (Fsp3) is 0.929. The summed E-state index contributed by atoms with van der Waals surface area (Å²) in [4.78, 5) is 14.3. The maximum absolute atomic E-state index is 12.4. The minimum Gasteiger partial charge on any atom is -0.342 e. The van der Waals surface area contributed by atoms with E-state index in [1.54, 1.807) is 0 Å². The summed E-state index contributed by atoms with van der Waals surface area (Å²) in [5.41, 5.74) is -0.00654. The molecule has 1 fully saturated rings. The van der Waals surface area contributed by atoms with Crippen LogP contribution in [0, 0.1) is 10.8 Å². The first-order valence-electron chi connectivity index (χ1n) is 6.55. The molecule has 1 aliphatic rings. The van der Waals surface area contributed by atoms with Gasteiger partial charge in [0.25, 0.3) is 0 Å². The predicted molar refractivity (Wildman–Crippen MR) is 73.3 cm³/mol. The molecule has 0 radical (unpaired) electrons. The Hall–Kier alpha value is -0.240. The minimum absolute atomic E-state index is 0.161. The molecule has 0 N–H and O–H groups in total. The Morgan fingerprint density at radius 2 is 2.00 bits per heavy atom. The number of rotatable bonds is 4. The highest BCUT2D eigenvalue weighted by molar-refractivity contribution is 6.17. The van der Waals surface area contributed by atoms with E-state index in [9.17, 15) is 4.79 Å². The number of likely N-dealkylation sites (tertiary alicyclic amines) is 1. The van der Waals surface area contributed by atoms with Gasteiger partial charge in [-0.15, -0.1) is 11.6 Å². The van der Waals surface area contributed by atoms with Crippen molar-refractivity contribution in [3.05, 3.63) is 0 Å². The van der Waals surface area contributed by atoms with E-state index in [0.717, 1.165) is 25.7 Å². The summed E-state index contributed by atoms with van der Waals surface area (Å²) in [6.45, 7) is 8.76. The standard InChI is InChI=1S/C14H26ClNO/c1-13(2,3)11-10-14(4,8-6-7-9-15)12(17)16(11)5/h11H,6-10H2,1-5H3/t11-,14-/m0/s1. The average Bonchev–Trinajstić information content (AvgIpc) is 2.43. The minimum atomic E-state index is -0.168. The fourth-order valence-corrected chi connectivity index (χ4v) is 3.11. The van der Waals surface area contributed by atoms with Crippen molar-refractivity contribution < 1.29 is 4.79 Å². The predicted octanol–water partition coefficient (Wildman–Crippen LogP) is 3.68. The summed E-state index contributed by atoms with van der Waals surface area (Å²) >= 11 is 5.70. The zero-order chi connectivity index (χ0) is 13.3. The lowest BCUT2D eigenvalue weighted by Gasteiger charge is -2.32. The van der Waals surface area contributed by atoms with Gasteiger partial charge in [0.1, 0.15) is 0 Å². The molecule has 0 aromatic rings. The number of hydrogen-bond acceptors (Lipinski definition) is 1. The lowest BCUT2D eigenvalue weighted by molar-refractivity contribution is -0.135. The van der Waals surface area contributed by atoms with E-state index in [2.05, 4.69) is 27.7 Å². The van der Waals surface area contributed by atoms with E-state index in [1.807, 2.05) is 11.9 Å². The zero-order valence-corrected chi connectivity index (χ0v) is 12.6. The summed E-state index contributed by atoms with van der Waals surface area (Å²) in [5, 5.41) is 0. The SMILES string of the molecule is CN1C(=O)[C@@](C)(CCCCCl)C[C@H]1C(C)(C)C. The molecule has 2 nitrogen and oxygen atoms in total. The van der Waals surface area contributed by atoms with Crippen LogP contribution in [0.2, 0.25) is 0 Å². The number of carbonyl (C=O) groups excluding carboxylic acids is 1. The van der Waals surface area contributed by atoms with Crippen LogP contribution in [0.1, 0.15) is 53.4 Å². The van der Waals surface area contributed by atoms with Gasteiger partial charge in [0, 0.05) is 24.4 Å². The van der Waals surface area contributed by atoms with E-state index in [-0.39, 0.29) is 10.8 Å². The van der Waals surface area contributed by atoms with Gasteiger partial charge in [-0.2, -0.15) is 0 Å². The van der Waals surface area contributed by atoms with Crippen LogP contribution in [-0.2, 0) is 4.79 Å². The molecule has 1 aliphatic heterocycles. The van der Waals surface area contributed by atoms with Crippen LogP contribution in [-0.4, -0.2) is 29.8 Å². The van der Waals surface area contributed by atoms with E-state index in [0.29, 0.717) is 17.8 Å². The van der Waals surface area contributed by atoms with Crippen LogP contribution in [0.15, 0.2) is 0 Å². The second kappa shape index (κ2) is 5.17. The molecule has 2 atom stereocenters. The van der Waals surface area contributed by atoms with E-state index in [4.69, 9.17) is 11.6 Å². The van der Waals surface area contributed by atoms with Gasteiger partial charge in [-0.25, -0.2) is 0 Å². The van der Waals surface area contributed by atoms with Gasteiger partial charge in [-0.1, -0.05) is 34.1 Å². The molecule has 0 saturated carbocycles. The number of amides is 1. The molecule has 1 amide bonds. The largest absolute Gasteiger partial charge is 0.342 e. The quantitative estimate of drug-likeness (QED) is 0.557. The molecule has 0 aromatic heterocycles. The van der Waals surface area contributed by atoms with Gasteiger partial charge in [0.2, 0.25) is 5.91 Å². The third-order valence-electron chi connectivity index (χ3n) is 4.06. The molecule has 1 heterocycles. The lowest BCUT2D eigenvalue weighted by atomic mass is 9.76. The van der Waals surface area contributed by atoms with E-state index in [1.165, 1.54) is 0 Å². The van der Waals surface area contributed by atoms with E-state index >= 15 is 0 Å². The Labute approximate surface area is 111 Å². The van der Waals surface area contributed by atoms with Crippen LogP contribution in [0.3, 0.4) is 0 Å². The average molecular weight is 260 g/mol. The van der Waals surface area contributed by atoms with Crippen molar-refractivity contribution in [2.45, 2.75) is 59.4 Å². The first kappa shape index (κ1) is 14.8. The van der Waals surface area contributed by atoms with Crippen molar-refractivity contribution in [3.8, 4) is 0 Å². The normalized spacial score (nSPS) is 30.1. The highest BCUT2D eigenvalue weighted by Gasteiger charge is 2.49. The van der Waals surface area contributed by atoms with Crippen LogP contribution < -0.4 is 0 Å². The number of nitrogens with zero attached hydrogens (tertiary/aromatic N) is 1. The summed E-state index contributed by atoms with van der Waals surface area (Å²) in [6.07, 6.45) is 4.01. The summed E-state index contributed by atoms with van der Waals surface area (Å²) in [5.74, 6) is 1.01. The molecule has 0 bridgehead atoms. The second-order valence-electron chi connectivity index (χ2n) is 6.71. The lowest BCUT2D eigenvalue weighted by Crippen LogP contribution is -2.39. The highest BCUT2D eigenvalue weighted by Crippen LogP contribution is 2.44. The molecule has 0 aromatic carbocycles. The van der Waals surface area contributed by atoms with E-state index < -0.39 is 0 Å². The highest BCUT2D eigenvalue weighted by atomic mass is 35.5. The van der Waals surface area contributed by atoms with Crippen molar-refractivity contribution >= 4 is 17.5 Å². The van der Waals surface area contributed by atoms with Gasteiger partial charge in [0.15, 0.2) is 0 Å². The Kier molecular flexibility index (Phi) is 4.51. The number of hydrogen-bond donors (Lipinski definition) is 0. The fourth-order valence-electron chi connectivity index (χ4n) is 2.92. The smallest absolute Gasteiger partial charge is 0.228 e. The summed E-state index contributed by atoms with van der Waals surface area (Å²) in [6, 6.07) is 0.357. The molecule has 0 aliphatic carbocycles. The van der Waals surface area contributed by atoms with Crippen LogP contribution >= 0.6 is 11.6 Å². The van der Waals surface area contributed by atoms with Gasteiger partial charge in [0.05, 0.1) is 0 Å². The third kappa shape index (κ3) is 3.15. The molecular weight excluding hydrogens is 234 g/mol. The van der Waals surface area contributed by atoms with Crippen molar-refractivity contribution in [1.29, 1.82) is 0 Å². The molecule has 0 spiro atoms. The molecule has 3 heteroatoms. The first-order chi connectivity index (χ1) is 7.72. The van der Waals surface area contributed by atoms with Gasteiger partial charge < -0.3 is 4.90 Å². The van der Waals surface area contributed by atoms with Crippen molar-refractivity contribution in [3.63, 3.8) is 0 Å². The zero-order valence-electron chi connectivity index (χ0n) is 11.8. The number of unbranched alkanes of at least 4 members (excludes halogenated alkanes) is 1. The Bertz CT molecular complexity index is 284. The molecular formula is C14H26ClNO. The summed E-state index contributed by atoms with van der Waals surface area (Å²) < 4.78 is 0. The van der Waals surface area contributed by atoms with Crippen LogP contribution in [0.5, 0.6) is 0 Å². The maximum atomic E-state index is 12.4. The Balaban J connectivity index is 2.73.